The summed E-state index contributed by atoms with van der Waals surface area (Å²) in [7, 11) is 0. The zero-order valence-corrected chi connectivity index (χ0v) is 6.81. The molecule has 0 radical (unpaired) electrons. The van der Waals surface area contributed by atoms with E-state index < -0.39 is 11.0 Å². The van der Waals surface area contributed by atoms with Crippen LogP contribution in [0.5, 0.6) is 0 Å². The second kappa shape index (κ2) is 3.95. The number of nitro groups is 1. The molecule has 0 amide bonds. The molecule has 0 aliphatic carbocycles. The summed E-state index contributed by atoms with van der Waals surface area (Å²) in [5, 5.41) is 10.1. The van der Waals surface area contributed by atoms with Crippen LogP contribution < -0.4 is 5.73 Å². The Morgan fingerprint density at radius 3 is 2.46 bits per heavy atom. The highest BCUT2D eigenvalue weighted by Gasteiger charge is 2.11. The highest BCUT2D eigenvalue weighted by atomic mass is 19.1. The van der Waals surface area contributed by atoms with E-state index in [2.05, 4.69) is 0 Å². The molecule has 0 bridgehead atoms. The Morgan fingerprint density at radius 1 is 1.46 bits per heavy atom. The first-order valence-electron chi connectivity index (χ1n) is 3.72. The maximum Gasteiger partial charge on any atom is 0.222 e. The molecule has 0 aliphatic rings. The molecule has 5 heteroatoms. The lowest BCUT2D eigenvalue weighted by molar-refractivity contribution is -0.483. The predicted octanol–water partition coefficient (Wildman–Crippen LogP) is 1.10. The van der Waals surface area contributed by atoms with Gasteiger partial charge in [-0.2, -0.15) is 0 Å². The Hall–Kier alpha value is -1.49. The van der Waals surface area contributed by atoms with E-state index in [0.717, 1.165) is 0 Å². The summed E-state index contributed by atoms with van der Waals surface area (Å²) in [6.07, 6.45) is 0. The molecule has 0 aliphatic heterocycles. The van der Waals surface area contributed by atoms with Gasteiger partial charge in [-0.1, -0.05) is 12.1 Å². The summed E-state index contributed by atoms with van der Waals surface area (Å²) in [5.41, 5.74) is 6.05. The monoisotopic (exact) mass is 184 g/mol. The first kappa shape index (κ1) is 9.60. The van der Waals surface area contributed by atoms with Gasteiger partial charge in [0.25, 0.3) is 0 Å². The van der Waals surface area contributed by atoms with E-state index >= 15 is 0 Å². The Bertz CT molecular complexity index is 300. The van der Waals surface area contributed by atoms with Crippen molar-refractivity contribution in [2.75, 3.05) is 6.54 Å². The Kier molecular flexibility index (Phi) is 2.92. The van der Waals surface area contributed by atoms with Crippen molar-refractivity contribution < 1.29 is 9.31 Å². The van der Waals surface area contributed by atoms with Crippen molar-refractivity contribution in [3.63, 3.8) is 0 Å². The van der Waals surface area contributed by atoms with Crippen molar-refractivity contribution in [1.29, 1.82) is 0 Å². The van der Waals surface area contributed by atoms with E-state index in [1.165, 1.54) is 24.3 Å². The van der Waals surface area contributed by atoms with E-state index in [1.54, 1.807) is 0 Å². The van der Waals surface area contributed by atoms with Crippen LogP contribution >= 0.6 is 0 Å². The van der Waals surface area contributed by atoms with Crippen LogP contribution in [0.2, 0.25) is 0 Å². The van der Waals surface area contributed by atoms with E-state index in [0.29, 0.717) is 5.56 Å². The Labute approximate surface area is 74.3 Å². The van der Waals surface area contributed by atoms with Gasteiger partial charge in [0.05, 0.1) is 6.04 Å². The first-order chi connectivity index (χ1) is 6.09. The standard InChI is InChI=1S/C8H9FN2O2/c9-7-3-1-6(2-4-7)8(10)5-11(12)13/h1-4,8H,5,10H2/t8-/m1/s1. The van der Waals surface area contributed by atoms with Crippen molar-refractivity contribution in [1.82, 2.24) is 0 Å². The molecular formula is C8H9FN2O2. The minimum Gasteiger partial charge on any atom is -0.319 e. The third-order valence-electron chi connectivity index (χ3n) is 1.64. The van der Waals surface area contributed by atoms with Gasteiger partial charge in [-0.15, -0.1) is 0 Å². The first-order valence-corrected chi connectivity index (χ1v) is 3.72. The number of nitrogens with zero attached hydrogens (tertiary/aromatic N) is 1. The van der Waals surface area contributed by atoms with E-state index in [-0.39, 0.29) is 12.4 Å². The van der Waals surface area contributed by atoms with Crippen LogP contribution in [0.25, 0.3) is 0 Å². The van der Waals surface area contributed by atoms with Gasteiger partial charge in [-0.05, 0) is 17.7 Å². The van der Waals surface area contributed by atoms with Crippen molar-refractivity contribution in [3.05, 3.63) is 45.8 Å². The zero-order valence-electron chi connectivity index (χ0n) is 6.81. The van der Waals surface area contributed by atoms with Crippen LogP contribution in [0.1, 0.15) is 11.6 Å². The summed E-state index contributed by atoms with van der Waals surface area (Å²) in [4.78, 5) is 9.61. The molecule has 1 rings (SSSR count). The largest absolute Gasteiger partial charge is 0.319 e. The molecule has 1 atom stereocenters. The summed E-state index contributed by atoms with van der Waals surface area (Å²) >= 11 is 0. The molecule has 1 aromatic rings. The number of rotatable bonds is 3. The van der Waals surface area contributed by atoms with Crippen molar-refractivity contribution in [3.8, 4) is 0 Å². The van der Waals surface area contributed by atoms with Crippen LogP contribution in [-0.4, -0.2) is 11.5 Å². The van der Waals surface area contributed by atoms with Crippen LogP contribution in [0, 0.1) is 15.9 Å². The number of halogens is 1. The van der Waals surface area contributed by atoms with Gasteiger partial charge >= 0.3 is 0 Å². The molecular weight excluding hydrogens is 175 g/mol. The molecule has 0 saturated carbocycles. The lowest BCUT2D eigenvalue weighted by atomic mass is 10.1. The molecule has 0 saturated heterocycles. The molecule has 0 fully saturated rings. The number of hydrogen-bond acceptors (Lipinski definition) is 3. The maximum atomic E-state index is 12.4. The Balaban J connectivity index is 2.71. The van der Waals surface area contributed by atoms with E-state index in [1.807, 2.05) is 0 Å². The van der Waals surface area contributed by atoms with Gasteiger partial charge < -0.3 is 5.73 Å². The van der Waals surface area contributed by atoms with Crippen LogP contribution in [0.4, 0.5) is 4.39 Å². The van der Waals surface area contributed by atoms with Gasteiger partial charge in [-0.25, -0.2) is 4.39 Å². The topological polar surface area (TPSA) is 69.2 Å². The summed E-state index contributed by atoms with van der Waals surface area (Å²) in [6, 6.07) is 4.69. The van der Waals surface area contributed by atoms with Gasteiger partial charge in [0, 0.05) is 4.92 Å². The second-order valence-corrected chi connectivity index (χ2v) is 2.67. The molecule has 70 valence electrons. The highest BCUT2D eigenvalue weighted by molar-refractivity contribution is 5.19. The smallest absolute Gasteiger partial charge is 0.222 e. The number of hydrogen-bond donors (Lipinski definition) is 1. The van der Waals surface area contributed by atoms with Crippen molar-refractivity contribution in [2.24, 2.45) is 5.73 Å². The van der Waals surface area contributed by atoms with Gasteiger partial charge in [0.1, 0.15) is 5.82 Å². The fourth-order valence-corrected chi connectivity index (χ4v) is 0.976. The Morgan fingerprint density at radius 2 is 2.00 bits per heavy atom. The third-order valence-corrected chi connectivity index (χ3v) is 1.64. The average molecular weight is 184 g/mol. The molecule has 0 unspecified atom stereocenters. The number of benzene rings is 1. The van der Waals surface area contributed by atoms with Gasteiger partial charge in [0.15, 0.2) is 0 Å². The molecule has 1 aromatic carbocycles. The predicted molar refractivity (Wildman–Crippen MR) is 45.2 cm³/mol. The quantitative estimate of drug-likeness (QED) is 0.565. The molecule has 0 spiro atoms. The fraction of sp³-hybridized carbons (Fsp3) is 0.250. The van der Waals surface area contributed by atoms with E-state index in [9.17, 15) is 14.5 Å². The second-order valence-electron chi connectivity index (χ2n) is 2.67. The SMILES string of the molecule is N[C@H](C[N+](=O)[O-])c1ccc(F)cc1. The molecule has 2 N–H and O–H groups in total. The highest BCUT2D eigenvalue weighted by Crippen LogP contribution is 2.10. The average Bonchev–Trinajstić information content (AvgIpc) is 2.04. The lowest BCUT2D eigenvalue weighted by Crippen LogP contribution is -2.20. The van der Waals surface area contributed by atoms with Crippen molar-refractivity contribution in [2.45, 2.75) is 6.04 Å². The van der Waals surface area contributed by atoms with Crippen LogP contribution in [0.3, 0.4) is 0 Å². The molecule has 13 heavy (non-hydrogen) atoms. The number of nitrogens with two attached hydrogens (primary N) is 1. The zero-order chi connectivity index (χ0) is 9.84. The normalized spacial score (nSPS) is 12.5. The minimum absolute atomic E-state index is 0.342. The third kappa shape index (κ3) is 2.79. The van der Waals surface area contributed by atoms with Crippen LogP contribution in [0.15, 0.2) is 24.3 Å². The van der Waals surface area contributed by atoms with E-state index in [4.69, 9.17) is 5.73 Å². The lowest BCUT2D eigenvalue weighted by Gasteiger charge is -2.05. The summed E-state index contributed by atoms with van der Waals surface area (Å²) in [5.74, 6) is -0.378. The molecule has 4 nitrogen and oxygen atoms in total. The fourth-order valence-electron chi connectivity index (χ4n) is 0.976. The minimum atomic E-state index is -0.671. The molecule has 0 heterocycles. The van der Waals surface area contributed by atoms with Gasteiger partial charge in [-0.3, -0.25) is 10.1 Å². The summed E-state index contributed by atoms with van der Waals surface area (Å²) < 4.78 is 12.4. The maximum absolute atomic E-state index is 12.4. The van der Waals surface area contributed by atoms with Crippen molar-refractivity contribution >= 4 is 0 Å². The van der Waals surface area contributed by atoms with Gasteiger partial charge in [0.2, 0.25) is 6.54 Å². The summed E-state index contributed by atoms with van der Waals surface area (Å²) in [6.45, 7) is -0.342. The molecule has 0 aromatic heterocycles. The van der Waals surface area contributed by atoms with Crippen LogP contribution in [-0.2, 0) is 0 Å².